The van der Waals surface area contributed by atoms with Crippen LogP contribution in [0.4, 0.5) is 17.1 Å². The Labute approximate surface area is 112 Å². The van der Waals surface area contributed by atoms with E-state index in [1.54, 1.807) is 0 Å². The van der Waals surface area contributed by atoms with Crippen molar-refractivity contribution in [2.45, 2.75) is 11.8 Å². The zero-order chi connectivity index (χ0) is 13.1. The van der Waals surface area contributed by atoms with Gasteiger partial charge in [-0.1, -0.05) is 12.1 Å². The molecule has 2 rings (SSSR count). The van der Waals surface area contributed by atoms with Gasteiger partial charge >= 0.3 is 0 Å². The van der Waals surface area contributed by atoms with Crippen LogP contribution in [0, 0.1) is 18.3 Å². The molecule has 0 aromatic heterocycles. The van der Waals surface area contributed by atoms with E-state index < -0.39 is 0 Å². The fraction of sp³-hybridized carbons (Fsp3) is 0.0714. The highest BCUT2D eigenvalue weighted by molar-refractivity contribution is 7.80. The first-order valence-electron chi connectivity index (χ1n) is 5.47. The molecule has 0 bridgehead atoms. The zero-order valence-corrected chi connectivity index (χ0v) is 10.8. The van der Waals surface area contributed by atoms with E-state index in [0.717, 1.165) is 21.8 Å². The maximum Gasteiger partial charge on any atom is 0.102 e. The van der Waals surface area contributed by atoms with Crippen molar-refractivity contribution in [2.24, 2.45) is 0 Å². The van der Waals surface area contributed by atoms with Crippen molar-refractivity contribution >= 4 is 29.7 Å². The average molecular weight is 255 g/mol. The predicted molar refractivity (Wildman–Crippen MR) is 77.3 cm³/mol. The molecule has 3 nitrogen and oxygen atoms in total. The Balaban J connectivity index is 2.45. The Bertz CT molecular complexity index is 629. The number of nitrogens with two attached hydrogens (primary N) is 1. The number of para-hydroxylation sites is 2. The summed E-state index contributed by atoms with van der Waals surface area (Å²) in [5.74, 6) is 0. The first-order chi connectivity index (χ1) is 8.63. The predicted octanol–water partition coefficient (Wildman–Crippen LogP) is 3.48. The first kappa shape index (κ1) is 12.3. The third kappa shape index (κ3) is 2.27. The lowest BCUT2D eigenvalue weighted by molar-refractivity contribution is 1.27. The van der Waals surface area contributed by atoms with E-state index in [1.807, 2.05) is 43.3 Å². The van der Waals surface area contributed by atoms with E-state index in [2.05, 4.69) is 24.0 Å². The van der Waals surface area contributed by atoms with Crippen LogP contribution < -0.4 is 11.1 Å². The van der Waals surface area contributed by atoms with Gasteiger partial charge in [-0.05, 0) is 36.8 Å². The summed E-state index contributed by atoms with van der Waals surface area (Å²) in [6, 6.07) is 13.3. The lowest BCUT2D eigenvalue weighted by Crippen LogP contribution is -1.99. The van der Waals surface area contributed by atoms with Crippen LogP contribution in [0.5, 0.6) is 0 Å². The molecule has 2 aromatic rings. The minimum atomic E-state index is 0.589. The molecule has 0 saturated carbocycles. The number of nitrogens with zero attached hydrogens (tertiary/aromatic N) is 1. The Hall–Kier alpha value is -2.12. The second-order valence-corrected chi connectivity index (χ2v) is 4.44. The Morgan fingerprint density at radius 2 is 1.89 bits per heavy atom. The molecular formula is C14H13N3S. The van der Waals surface area contributed by atoms with Gasteiger partial charge in [0.05, 0.1) is 22.6 Å². The molecule has 2 aromatic carbocycles. The van der Waals surface area contributed by atoms with Crippen LogP contribution in [0.1, 0.15) is 11.1 Å². The SMILES string of the molecule is Cc1c(S)ccc(Nc2ccccc2N)c1C#N. The lowest BCUT2D eigenvalue weighted by atomic mass is 10.1. The van der Waals surface area contributed by atoms with Crippen molar-refractivity contribution in [3.8, 4) is 6.07 Å². The number of hydrogen-bond donors (Lipinski definition) is 3. The van der Waals surface area contributed by atoms with Crippen LogP contribution in [0.25, 0.3) is 0 Å². The summed E-state index contributed by atoms with van der Waals surface area (Å²) < 4.78 is 0. The van der Waals surface area contributed by atoms with Crippen LogP contribution in [-0.2, 0) is 0 Å². The van der Waals surface area contributed by atoms with Gasteiger partial charge in [-0.15, -0.1) is 12.6 Å². The van der Waals surface area contributed by atoms with Gasteiger partial charge in [0.1, 0.15) is 6.07 Å². The van der Waals surface area contributed by atoms with Crippen molar-refractivity contribution in [1.82, 2.24) is 0 Å². The molecule has 4 heteroatoms. The molecular weight excluding hydrogens is 242 g/mol. The van der Waals surface area contributed by atoms with E-state index >= 15 is 0 Å². The fourth-order valence-corrected chi connectivity index (χ4v) is 1.89. The second kappa shape index (κ2) is 5.03. The maximum absolute atomic E-state index is 9.22. The van der Waals surface area contributed by atoms with Crippen LogP contribution in [0.2, 0.25) is 0 Å². The van der Waals surface area contributed by atoms with Gasteiger partial charge < -0.3 is 11.1 Å². The van der Waals surface area contributed by atoms with Crippen LogP contribution in [-0.4, -0.2) is 0 Å². The number of rotatable bonds is 2. The summed E-state index contributed by atoms with van der Waals surface area (Å²) in [6.07, 6.45) is 0. The van der Waals surface area contributed by atoms with Crippen LogP contribution in [0.3, 0.4) is 0 Å². The smallest absolute Gasteiger partial charge is 0.102 e. The largest absolute Gasteiger partial charge is 0.397 e. The van der Waals surface area contributed by atoms with Crippen molar-refractivity contribution in [2.75, 3.05) is 11.1 Å². The molecule has 18 heavy (non-hydrogen) atoms. The third-order valence-electron chi connectivity index (χ3n) is 2.78. The fourth-order valence-electron chi connectivity index (χ4n) is 1.70. The molecule has 0 saturated heterocycles. The number of anilines is 3. The summed E-state index contributed by atoms with van der Waals surface area (Å²) in [5.41, 5.74) is 9.50. The Kier molecular flexibility index (Phi) is 3.45. The van der Waals surface area contributed by atoms with E-state index in [9.17, 15) is 5.26 Å². The molecule has 0 fully saturated rings. The van der Waals surface area contributed by atoms with Crippen molar-refractivity contribution in [3.63, 3.8) is 0 Å². The minimum Gasteiger partial charge on any atom is -0.397 e. The monoisotopic (exact) mass is 255 g/mol. The number of nitriles is 1. The van der Waals surface area contributed by atoms with Gasteiger partial charge in [0.25, 0.3) is 0 Å². The van der Waals surface area contributed by atoms with E-state index in [4.69, 9.17) is 5.73 Å². The van der Waals surface area contributed by atoms with Crippen molar-refractivity contribution in [1.29, 1.82) is 5.26 Å². The van der Waals surface area contributed by atoms with Gasteiger partial charge in [0, 0.05) is 4.90 Å². The number of nitrogen functional groups attached to an aromatic ring is 1. The quantitative estimate of drug-likeness (QED) is 0.568. The highest BCUT2D eigenvalue weighted by atomic mass is 32.1. The molecule has 0 aliphatic carbocycles. The second-order valence-electron chi connectivity index (χ2n) is 3.96. The third-order valence-corrected chi connectivity index (χ3v) is 3.26. The van der Waals surface area contributed by atoms with Gasteiger partial charge in [-0.25, -0.2) is 0 Å². The first-order valence-corrected chi connectivity index (χ1v) is 5.92. The summed E-state index contributed by atoms with van der Waals surface area (Å²) in [5, 5.41) is 12.4. The zero-order valence-electron chi connectivity index (χ0n) is 9.94. The van der Waals surface area contributed by atoms with Gasteiger partial charge in [-0.2, -0.15) is 5.26 Å². The summed E-state index contributed by atoms with van der Waals surface area (Å²) in [6.45, 7) is 1.88. The molecule has 0 aliphatic heterocycles. The Morgan fingerprint density at radius 1 is 1.17 bits per heavy atom. The number of benzene rings is 2. The number of thiol groups is 1. The molecule has 0 radical (unpaired) electrons. The van der Waals surface area contributed by atoms with Crippen LogP contribution in [0.15, 0.2) is 41.3 Å². The summed E-state index contributed by atoms with van der Waals surface area (Å²) >= 11 is 4.31. The number of hydrogen-bond acceptors (Lipinski definition) is 4. The molecule has 0 aliphatic rings. The molecule has 0 amide bonds. The summed E-state index contributed by atoms with van der Waals surface area (Å²) in [7, 11) is 0. The maximum atomic E-state index is 9.22. The molecule has 0 atom stereocenters. The van der Waals surface area contributed by atoms with Gasteiger partial charge in [0.2, 0.25) is 0 Å². The molecule has 0 spiro atoms. The molecule has 90 valence electrons. The Morgan fingerprint density at radius 3 is 2.56 bits per heavy atom. The topological polar surface area (TPSA) is 61.8 Å². The molecule has 0 heterocycles. The van der Waals surface area contributed by atoms with Crippen LogP contribution >= 0.6 is 12.6 Å². The normalized spacial score (nSPS) is 9.83. The van der Waals surface area contributed by atoms with Gasteiger partial charge in [-0.3, -0.25) is 0 Å². The van der Waals surface area contributed by atoms with Crippen molar-refractivity contribution in [3.05, 3.63) is 47.5 Å². The number of nitrogens with one attached hydrogen (secondary N) is 1. The minimum absolute atomic E-state index is 0.589. The highest BCUT2D eigenvalue weighted by Gasteiger charge is 2.09. The molecule has 3 N–H and O–H groups in total. The average Bonchev–Trinajstić information content (AvgIpc) is 2.37. The van der Waals surface area contributed by atoms with Gasteiger partial charge in [0.15, 0.2) is 0 Å². The van der Waals surface area contributed by atoms with E-state index in [1.165, 1.54) is 0 Å². The van der Waals surface area contributed by atoms with Crippen molar-refractivity contribution < 1.29 is 0 Å². The highest BCUT2D eigenvalue weighted by Crippen LogP contribution is 2.29. The van der Waals surface area contributed by atoms with E-state index in [-0.39, 0.29) is 0 Å². The lowest BCUT2D eigenvalue weighted by Gasteiger charge is -2.12. The standard InChI is InChI=1S/C14H13N3S/c1-9-10(8-15)12(6-7-14(9)18)17-13-5-3-2-4-11(13)16/h2-7,17-18H,16H2,1H3. The molecule has 0 unspecified atom stereocenters. The van der Waals surface area contributed by atoms with E-state index in [0.29, 0.717) is 11.3 Å². The summed E-state index contributed by atoms with van der Waals surface area (Å²) in [4.78, 5) is 0.804.